The second-order valence-electron chi connectivity index (χ2n) is 5.15. The Balaban J connectivity index is 1.87. The second kappa shape index (κ2) is 4.11. The van der Waals surface area contributed by atoms with Crippen molar-refractivity contribution in [1.82, 2.24) is 4.90 Å². The number of nitrogens with zero attached hydrogens (tertiary/aromatic N) is 1. The molecule has 4 rings (SSSR count). The molecule has 1 aromatic carbocycles. The number of hydrogen-bond acceptors (Lipinski definition) is 2. The molecule has 1 aliphatic carbocycles. The van der Waals surface area contributed by atoms with Crippen molar-refractivity contribution in [1.29, 1.82) is 0 Å². The first-order valence-electron chi connectivity index (χ1n) is 6.23. The highest BCUT2D eigenvalue weighted by Gasteiger charge is 2.39. The zero-order valence-electron chi connectivity index (χ0n) is 10.0. The topological polar surface area (TPSA) is 20.3 Å². The highest BCUT2D eigenvalue weighted by Crippen LogP contribution is 2.35. The van der Waals surface area contributed by atoms with Crippen LogP contribution < -0.4 is 0 Å². The molecule has 1 fully saturated rings. The van der Waals surface area contributed by atoms with Crippen LogP contribution in [0.5, 0.6) is 0 Å². The number of ketones is 1. The zero-order chi connectivity index (χ0) is 11.8. The molecule has 3 unspecified atom stereocenters. The van der Waals surface area contributed by atoms with Gasteiger partial charge in [0.1, 0.15) is 0 Å². The van der Waals surface area contributed by atoms with E-state index in [1.165, 1.54) is 0 Å². The van der Waals surface area contributed by atoms with E-state index in [9.17, 15) is 4.79 Å². The molecule has 17 heavy (non-hydrogen) atoms. The first-order valence-corrected chi connectivity index (χ1v) is 6.23. The molecular weight excluding hydrogens is 210 g/mol. The summed E-state index contributed by atoms with van der Waals surface area (Å²) in [5.74, 6) is 1.00. The van der Waals surface area contributed by atoms with Gasteiger partial charge in [0.25, 0.3) is 0 Å². The number of Topliss-reactive ketones (excluding diaryl/α,β-unsaturated/α-hetero) is 1. The molecule has 0 aromatic heterocycles. The third-order valence-corrected chi connectivity index (χ3v) is 3.98. The fraction of sp³-hybridized carbons (Fsp3) is 0.400. The van der Waals surface area contributed by atoms with E-state index in [0.29, 0.717) is 17.7 Å². The van der Waals surface area contributed by atoms with Gasteiger partial charge < -0.3 is 0 Å². The first kappa shape index (κ1) is 10.7. The molecule has 1 saturated heterocycles. The lowest BCUT2D eigenvalue weighted by atomic mass is 9.74. The maximum atomic E-state index is 12.5. The number of carbonyl (C=O) groups is 1. The van der Waals surface area contributed by atoms with Gasteiger partial charge in [0.05, 0.1) is 0 Å². The second-order valence-corrected chi connectivity index (χ2v) is 5.15. The standard InChI is InChI=1S/C15H17NO/c1-16-10-11-7-8-14(16)13(9-11)15(17)12-5-3-2-4-6-12/h2-8,11,13-14H,9-10H2,1H3. The van der Waals surface area contributed by atoms with Crippen LogP contribution in [0.25, 0.3) is 0 Å². The van der Waals surface area contributed by atoms with Crippen LogP contribution in [-0.2, 0) is 0 Å². The van der Waals surface area contributed by atoms with Gasteiger partial charge >= 0.3 is 0 Å². The minimum absolute atomic E-state index is 0.145. The van der Waals surface area contributed by atoms with Crippen molar-refractivity contribution in [3.63, 3.8) is 0 Å². The van der Waals surface area contributed by atoms with E-state index in [0.717, 1.165) is 18.5 Å². The number of piperidine rings is 1. The Morgan fingerprint density at radius 2 is 2.00 bits per heavy atom. The lowest BCUT2D eigenvalue weighted by Crippen LogP contribution is -2.50. The van der Waals surface area contributed by atoms with Crippen molar-refractivity contribution in [3.05, 3.63) is 48.0 Å². The molecule has 0 N–H and O–H groups in total. The summed E-state index contributed by atoms with van der Waals surface area (Å²) in [7, 11) is 2.12. The number of benzene rings is 1. The van der Waals surface area contributed by atoms with Gasteiger partial charge in [-0.25, -0.2) is 0 Å². The predicted octanol–water partition coefficient (Wildman–Crippen LogP) is 2.38. The number of likely N-dealkylation sites (N-methyl/N-ethyl adjacent to an activating group) is 1. The Labute approximate surface area is 102 Å². The normalized spacial score (nSPS) is 31.7. The van der Waals surface area contributed by atoms with Gasteiger partial charge in [0, 0.05) is 24.1 Å². The van der Waals surface area contributed by atoms with Crippen molar-refractivity contribution in [2.75, 3.05) is 13.6 Å². The van der Waals surface area contributed by atoms with E-state index in [2.05, 4.69) is 24.1 Å². The predicted molar refractivity (Wildman–Crippen MR) is 67.9 cm³/mol. The molecule has 2 bridgehead atoms. The van der Waals surface area contributed by atoms with Crippen molar-refractivity contribution >= 4 is 5.78 Å². The van der Waals surface area contributed by atoms with Gasteiger partial charge in [-0.15, -0.1) is 0 Å². The fourth-order valence-electron chi connectivity index (χ4n) is 3.11. The number of hydrogen-bond donors (Lipinski definition) is 0. The van der Waals surface area contributed by atoms with Gasteiger partial charge in [-0.05, 0) is 19.4 Å². The van der Waals surface area contributed by atoms with E-state index in [1.807, 2.05) is 30.3 Å². The Hall–Kier alpha value is -1.41. The SMILES string of the molecule is CN1CC2C=CC1C(C(=O)c1ccccc1)C2. The molecule has 2 heteroatoms. The van der Waals surface area contributed by atoms with Crippen LogP contribution >= 0.6 is 0 Å². The summed E-state index contributed by atoms with van der Waals surface area (Å²) in [6.07, 6.45) is 5.50. The maximum Gasteiger partial charge on any atom is 0.167 e. The Kier molecular flexibility index (Phi) is 2.60. The van der Waals surface area contributed by atoms with Crippen LogP contribution in [0.3, 0.4) is 0 Å². The summed E-state index contributed by atoms with van der Waals surface area (Å²) in [6.45, 7) is 1.10. The van der Waals surface area contributed by atoms with E-state index in [1.54, 1.807) is 0 Å². The average Bonchev–Trinajstić information content (AvgIpc) is 2.39. The Bertz CT molecular complexity index is 451. The average molecular weight is 227 g/mol. The van der Waals surface area contributed by atoms with Crippen LogP contribution in [-0.4, -0.2) is 30.3 Å². The molecular formula is C15H17NO. The Morgan fingerprint density at radius 3 is 2.65 bits per heavy atom. The van der Waals surface area contributed by atoms with Crippen LogP contribution in [0.2, 0.25) is 0 Å². The molecule has 0 amide bonds. The zero-order valence-corrected chi connectivity index (χ0v) is 10.0. The monoisotopic (exact) mass is 227 g/mol. The minimum atomic E-state index is 0.145. The summed E-state index contributed by atoms with van der Waals surface area (Å²) in [5.41, 5.74) is 0.854. The smallest absolute Gasteiger partial charge is 0.167 e. The summed E-state index contributed by atoms with van der Waals surface area (Å²) in [4.78, 5) is 14.8. The van der Waals surface area contributed by atoms with Gasteiger partial charge in [-0.3, -0.25) is 9.69 Å². The molecule has 0 radical (unpaired) electrons. The van der Waals surface area contributed by atoms with E-state index < -0.39 is 0 Å². The van der Waals surface area contributed by atoms with E-state index >= 15 is 0 Å². The molecule has 2 heterocycles. The largest absolute Gasteiger partial charge is 0.299 e. The Morgan fingerprint density at radius 1 is 1.24 bits per heavy atom. The van der Waals surface area contributed by atoms with Crippen molar-refractivity contribution < 1.29 is 4.79 Å². The molecule has 3 atom stereocenters. The molecule has 88 valence electrons. The van der Waals surface area contributed by atoms with Crippen LogP contribution in [0.4, 0.5) is 0 Å². The minimum Gasteiger partial charge on any atom is -0.299 e. The number of rotatable bonds is 2. The molecule has 0 saturated carbocycles. The van der Waals surface area contributed by atoms with Crippen LogP contribution in [0.1, 0.15) is 16.8 Å². The lowest BCUT2D eigenvalue weighted by molar-refractivity contribution is 0.0676. The molecule has 1 aromatic rings. The van der Waals surface area contributed by atoms with Gasteiger partial charge in [0.15, 0.2) is 5.78 Å². The highest BCUT2D eigenvalue weighted by molar-refractivity contribution is 5.98. The van der Waals surface area contributed by atoms with Gasteiger partial charge in [0.2, 0.25) is 0 Å². The van der Waals surface area contributed by atoms with Crippen LogP contribution in [0.15, 0.2) is 42.5 Å². The highest BCUT2D eigenvalue weighted by atomic mass is 16.1. The molecule has 3 aliphatic rings. The van der Waals surface area contributed by atoms with E-state index in [4.69, 9.17) is 0 Å². The van der Waals surface area contributed by atoms with Crippen molar-refractivity contribution in [2.45, 2.75) is 12.5 Å². The molecule has 2 nitrogen and oxygen atoms in total. The third kappa shape index (κ3) is 1.83. The molecule has 2 aliphatic heterocycles. The first-order chi connectivity index (χ1) is 8.25. The van der Waals surface area contributed by atoms with Crippen molar-refractivity contribution in [3.8, 4) is 0 Å². The molecule has 0 spiro atoms. The van der Waals surface area contributed by atoms with Gasteiger partial charge in [-0.2, -0.15) is 0 Å². The summed E-state index contributed by atoms with van der Waals surface area (Å²) in [6, 6.07) is 9.98. The lowest BCUT2D eigenvalue weighted by Gasteiger charge is -2.44. The van der Waals surface area contributed by atoms with E-state index in [-0.39, 0.29) is 5.92 Å². The number of fused-ring (bicyclic) bond motifs is 2. The third-order valence-electron chi connectivity index (χ3n) is 3.98. The fourth-order valence-corrected chi connectivity index (χ4v) is 3.11. The number of carbonyl (C=O) groups excluding carboxylic acids is 1. The maximum absolute atomic E-state index is 12.5. The summed E-state index contributed by atoms with van der Waals surface area (Å²) in [5, 5.41) is 0. The summed E-state index contributed by atoms with van der Waals surface area (Å²) < 4.78 is 0. The van der Waals surface area contributed by atoms with Crippen LogP contribution in [0, 0.1) is 11.8 Å². The quantitative estimate of drug-likeness (QED) is 0.571. The van der Waals surface area contributed by atoms with Crippen molar-refractivity contribution in [2.24, 2.45) is 11.8 Å². The summed E-state index contributed by atoms with van der Waals surface area (Å²) >= 11 is 0. The van der Waals surface area contributed by atoms with Gasteiger partial charge in [-0.1, -0.05) is 42.5 Å².